The van der Waals surface area contributed by atoms with E-state index in [0.717, 1.165) is 5.56 Å². The van der Waals surface area contributed by atoms with Crippen molar-refractivity contribution in [2.24, 2.45) is 0 Å². The molecule has 0 unspecified atom stereocenters. The van der Waals surface area contributed by atoms with Gasteiger partial charge in [-0.3, -0.25) is 0 Å². The van der Waals surface area contributed by atoms with E-state index in [1.165, 1.54) is 0 Å². The van der Waals surface area contributed by atoms with E-state index in [4.69, 9.17) is 11.2 Å². The van der Waals surface area contributed by atoms with Gasteiger partial charge in [0.1, 0.15) is 0 Å². The second-order valence-electron chi connectivity index (χ2n) is 2.78. The lowest BCUT2D eigenvalue weighted by molar-refractivity contribution is 0.421. The fraction of sp³-hybridized carbons (Fsp3) is 0.167. The molecule has 1 aliphatic heterocycles. The van der Waals surface area contributed by atoms with E-state index in [1.54, 1.807) is 0 Å². The second kappa shape index (κ2) is 3.35. The summed E-state index contributed by atoms with van der Waals surface area (Å²) in [5, 5.41) is 0. The average molecular weight is 168 g/mol. The molecule has 1 fully saturated rings. The minimum Gasteiger partial charge on any atom is -0.342 e. The number of ether oxygens (including phenoxy) is 1. The molecule has 1 aromatic carbocycles. The lowest BCUT2D eigenvalue weighted by Gasteiger charge is -1.84. The molecule has 1 aromatic rings. The van der Waals surface area contributed by atoms with Gasteiger partial charge >= 0.3 is 0 Å². The molecule has 1 heterocycles. The smallest absolute Gasteiger partial charge is 0.157 e. The van der Waals surface area contributed by atoms with Crippen molar-refractivity contribution in [1.29, 1.82) is 0 Å². The lowest BCUT2D eigenvalue weighted by atomic mass is 10.2. The topological polar surface area (TPSA) is 12.5 Å². The van der Waals surface area contributed by atoms with E-state index in [2.05, 4.69) is 17.8 Å². The highest BCUT2D eigenvalue weighted by Crippen LogP contribution is 2.19. The fourth-order valence-corrected chi connectivity index (χ4v) is 1.02. The van der Waals surface area contributed by atoms with Gasteiger partial charge in [0.25, 0.3) is 0 Å². The van der Waals surface area contributed by atoms with Gasteiger partial charge in [-0.1, -0.05) is 36.0 Å². The summed E-state index contributed by atoms with van der Waals surface area (Å²) in [5.74, 6) is 8.46. The normalized spacial score (nSPS) is 23.9. The molecule has 0 aliphatic carbocycles. The minimum atomic E-state index is -0.0868. The molecule has 0 spiro atoms. The SMILES string of the molecule is C#C[C@@H]1O[C@@H]1C#Cc1ccccc1. The van der Waals surface area contributed by atoms with Crippen molar-refractivity contribution >= 4 is 0 Å². The van der Waals surface area contributed by atoms with Gasteiger partial charge in [0, 0.05) is 5.56 Å². The van der Waals surface area contributed by atoms with Crippen LogP contribution in [0.1, 0.15) is 5.56 Å². The highest BCUT2D eigenvalue weighted by Gasteiger charge is 2.35. The van der Waals surface area contributed by atoms with Gasteiger partial charge in [-0.05, 0) is 12.1 Å². The molecule has 1 nitrogen and oxygen atoms in total. The number of terminal acetylenes is 1. The van der Waals surface area contributed by atoms with E-state index in [9.17, 15) is 0 Å². The van der Waals surface area contributed by atoms with Crippen molar-refractivity contribution in [3.8, 4) is 24.2 Å². The van der Waals surface area contributed by atoms with Crippen molar-refractivity contribution in [3.05, 3.63) is 35.9 Å². The van der Waals surface area contributed by atoms with Gasteiger partial charge < -0.3 is 4.74 Å². The first-order valence-electron chi connectivity index (χ1n) is 4.08. The molecule has 0 saturated carbocycles. The summed E-state index contributed by atoms with van der Waals surface area (Å²) in [6, 6.07) is 9.79. The maximum atomic E-state index is 5.15. The zero-order valence-corrected chi connectivity index (χ0v) is 7.03. The molecule has 0 bridgehead atoms. The minimum absolute atomic E-state index is 0.0507. The predicted molar refractivity (Wildman–Crippen MR) is 50.8 cm³/mol. The van der Waals surface area contributed by atoms with Gasteiger partial charge in [0.15, 0.2) is 12.2 Å². The van der Waals surface area contributed by atoms with Crippen LogP contribution in [-0.4, -0.2) is 12.2 Å². The first kappa shape index (κ1) is 7.92. The van der Waals surface area contributed by atoms with Crippen molar-refractivity contribution in [2.75, 3.05) is 0 Å². The van der Waals surface area contributed by atoms with Gasteiger partial charge in [-0.15, -0.1) is 6.42 Å². The third-order valence-electron chi connectivity index (χ3n) is 1.79. The van der Waals surface area contributed by atoms with Crippen LogP contribution < -0.4 is 0 Å². The summed E-state index contributed by atoms with van der Waals surface area (Å²) in [6.45, 7) is 0. The Balaban J connectivity index is 2.03. The molecule has 2 atom stereocenters. The molecule has 1 aliphatic rings. The molecule has 0 radical (unpaired) electrons. The predicted octanol–water partition coefficient (Wildman–Crippen LogP) is 1.44. The standard InChI is InChI=1S/C12H8O/c1-2-11-12(13-11)9-8-10-6-4-3-5-7-10/h1,3-7,11-12H/t11-,12+/m0/s1. The Morgan fingerprint density at radius 1 is 1.15 bits per heavy atom. The average Bonchev–Trinajstić information content (AvgIpc) is 2.95. The van der Waals surface area contributed by atoms with Crippen LogP contribution in [0, 0.1) is 24.2 Å². The number of benzene rings is 1. The van der Waals surface area contributed by atoms with E-state index < -0.39 is 0 Å². The van der Waals surface area contributed by atoms with Crippen molar-refractivity contribution in [3.63, 3.8) is 0 Å². The van der Waals surface area contributed by atoms with Crippen LogP contribution in [0.5, 0.6) is 0 Å². The Morgan fingerprint density at radius 3 is 2.54 bits per heavy atom. The van der Waals surface area contributed by atoms with Crippen LogP contribution in [-0.2, 0) is 4.74 Å². The van der Waals surface area contributed by atoms with Crippen molar-refractivity contribution in [2.45, 2.75) is 12.2 Å². The summed E-state index contributed by atoms with van der Waals surface area (Å²) in [6.07, 6.45) is 5.01. The quantitative estimate of drug-likeness (QED) is 0.422. The molecular formula is C12H8O. The van der Waals surface area contributed by atoms with Gasteiger partial charge in [0.05, 0.1) is 0 Å². The first-order chi connectivity index (χ1) is 6.40. The molecule has 2 rings (SSSR count). The Morgan fingerprint density at radius 2 is 1.92 bits per heavy atom. The third kappa shape index (κ3) is 1.90. The number of rotatable bonds is 0. The number of epoxide rings is 1. The Kier molecular flexibility index (Phi) is 2.04. The van der Waals surface area contributed by atoms with E-state index in [-0.39, 0.29) is 12.2 Å². The maximum absolute atomic E-state index is 5.15. The Hall–Kier alpha value is -1.70. The molecule has 0 aromatic heterocycles. The van der Waals surface area contributed by atoms with E-state index in [1.807, 2.05) is 30.3 Å². The Bertz CT molecular complexity index is 389. The van der Waals surface area contributed by atoms with E-state index in [0.29, 0.717) is 0 Å². The zero-order valence-electron chi connectivity index (χ0n) is 7.03. The van der Waals surface area contributed by atoms with Gasteiger partial charge in [-0.2, -0.15) is 0 Å². The van der Waals surface area contributed by atoms with Crippen molar-refractivity contribution < 1.29 is 4.74 Å². The fourth-order valence-electron chi connectivity index (χ4n) is 1.02. The summed E-state index contributed by atoms with van der Waals surface area (Å²) < 4.78 is 5.08. The van der Waals surface area contributed by atoms with Gasteiger partial charge in [-0.25, -0.2) is 0 Å². The first-order valence-corrected chi connectivity index (χ1v) is 4.08. The molecule has 13 heavy (non-hydrogen) atoms. The van der Waals surface area contributed by atoms with Crippen LogP contribution >= 0.6 is 0 Å². The van der Waals surface area contributed by atoms with Crippen LogP contribution in [0.25, 0.3) is 0 Å². The monoisotopic (exact) mass is 168 g/mol. The molecule has 1 saturated heterocycles. The zero-order chi connectivity index (χ0) is 9.10. The summed E-state index contributed by atoms with van der Waals surface area (Å²) in [5.41, 5.74) is 0.994. The summed E-state index contributed by atoms with van der Waals surface area (Å²) in [4.78, 5) is 0. The van der Waals surface area contributed by atoms with Gasteiger partial charge in [0.2, 0.25) is 0 Å². The maximum Gasteiger partial charge on any atom is 0.157 e. The molecular weight excluding hydrogens is 160 g/mol. The van der Waals surface area contributed by atoms with Crippen LogP contribution in [0.2, 0.25) is 0 Å². The summed E-state index contributed by atoms with van der Waals surface area (Å²) >= 11 is 0. The lowest BCUT2D eigenvalue weighted by Crippen LogP contribution is -1.84. The third-order valence-corrected chi connectivity index (χ3v) is 1.79. The second-order valence-corrected chi connectivity index (χ2v) is 2.78. The van der Waals surface area contributed by atoms with Crippen LogP contribution in [0.4, 0.5) is 0 Å². The molecule has 1 heteroatoms. The van der Waals surface area contributed by atoms with E-state index >= 15 is 0 Å². The molecule has 0 amide bonds. The van der Waals surface area contributed by atoms with Crippen molar-refractivity contribution in [1.82, 2.24) is 0 Å². The number of hydrogen-bond acceptors (Lipinski definition) is 1. The number of hydrogen-bond donors (Lipinski definition) is 0. The highest BCUT2D eigenvalue weighted by molar-refractivity contribution is 5.36. The largest absolute Gasteiger partial charge is 0.342 e. The highest BCUT2D eigenvalue weighted by atomic mass is 16.6. The van der Waals surface area contributed by atoms with Crippen LogP contribution in [0.3, 0.4) is 0 Å². The molecule has 62 valence electrons. The van der Waals surface area contributed by atoms with Crippen LogP contribution in [0.15, 0.2) is 30.3 Å². The molecule has 0 N–H and O–H groups in total. The Labute approximate surface area is 77.7 Å². The summed E-state index contributed by atoms with van der Waals surface area (Å²) in [7, 11) is 0.